The van der Waals surface area contributed by atoms with E-state index in [1.165, 1.54) is 19.3 Å². The molecule has 0 bridgehead atoms. The molecule has 0 radical (unpaired) electrons. The van der Waals surface area contributed by atoms with Crippen molar-refractivity contribution in [3.05, 3.63) is 0 Å². The van der Waals surface area contributed by atoms with Gasteiger partial charge in [0, 0.05) is 12.1 Å². The summed E-state index contributed by atoms with van der Waals surface area (Å²) in [6.45, 7) is 5.27. The van der Waals surface area contributed by atoms with Crippen LogP contribution in [0.1, 0.15) is 39.5 Å². The molecule has 2 atom stereocenters. The van der Waals surface area contributed by atoms with Crippen molar-refractivity contribution in [2.24, 2.45) is 0 Å². The Morgan fingerprint density at radius 2 is 2.31 bits per heavy atom. The summed E-state index contributed by atoms with van der Waals surface area (Å²) in [4.78, 5) is 12.8. The number of carboxylic acid groups (broad SMARTS) is 1. The maximum absolute atomic E-state index is 10.5. The van der Waals surface area contributed by atoms with Crippen molar-refractivity contribution in [1.29, 1.82) is 0 Å². The molecule has 0 unspecified atom stereocenters. The zero-order chi connectivity index (χ0) is 9.84. The molecular formula is C10H19NO2. The van der Waals surface area contributed by atoms with E-state index in [9.17, 15) is 4.79 Å². The van der Waals surface area contributed by atoms with E-state index in [1.807, 2.05) is 6.92 Å². The first-order chi connectivity index (χ1) is 6.11. The first kappa shape index (κ1) is 10.5. The highest BCUT2D eigenvalue weighted by Gasteiger charge is 2.24. The lowest BCUT2D eigenvalue weighted by Gasteiger charge is -2.37. The van der Waals surface area contributed by atoms with Crippen LogP contribution in [0.3, 0.4) is 0 Å². The molecule has 0 aliphatic carbocycles. The fourth-order valence-electron chi connectivity index (χ4n) is 2.15. The Morgan fingerprint density at radius 3 is 2.85 bits per heavy atom. The average molecular weight is 185 g/mol. The lowest BCUT2D eigenvalue weighted by Crippen LogP contribution is -2.44. The molecule has 76 valence electrons. The third-order valence-corrected chi connectivity index (χ3v) is 2.89. The SMILES string of the molecule is C[C@@H]1CCCCN1[C@H](C)CC(=O)O. The minimum atomic E-state index is -0.690. The third-order valence-electron chi connectivity index (χ3n) is 2.89. The minimum absolute atomic E-state index is 0.188. The van der Waals surface area contributed by atoms with Crippen LogP contribution in [0.4, 0.5) is 0 Å². The third kappa shape index (κ3) is 2.99. The van der Waals surface area contributed by atoms with Crippen molar-refractivity contribution >= 4 is 5.97 Å². The normalized spacial score (nSPS) is 27.1. The van der Waals surface area contributed by atoms with Crippen LogP contribution in [0.25, 0.3) is 0 Å². The van der Waals surface area contributed by atoms with E-state index >= 15 is 0 Å². The van der Waals surface area contributed by atoms with Gasteiger partial charge in [-0.25, -0.2) is 0 Å². The Kier molecular flexibility index (Phi) is 3.72. The van der Waals surface area contributed by atoms with Gasteiger partial charge in [0.15, 0.2) is 0 Å². The monoisotopic (exact) mass is 185 g/mol. The van der Waals surface area contributed by atoms with Crippen molar-refractivity contribution in [3.8, 4) is 0 Å². The highest BCUT2D eigenvalue weighted by Crippen LogP contribution is 2.20. The summed E-state index contributed by atoms with van der Waals surface area (Å²) in [5, 5.41) is 8.67. The molecule has 0 aromatic rings. The first-order valence-electron chi connectivity index (χ1n) is 5.09. The molecule has 0 aromatic heterocycles. The molecular weight excluding hydrogens is 166 g/mol. The molecule has 1 aliphatic heterocycles. The average Bonchev–Trinajstić information content (AvgIpc) is 2.03. The molecule has 3 nitrogen and oxygen atoms in total. The Balaban J connectivity index is 2.43. The van der Waals surface area contributed by atoms with Crippen molar-refractivity contribution in [1.82, 2.24) is 4.90 Å². The van der Waals surface area contributed by atoms with E-state index in [0.717, 1.165) is 6.54 Å². The van der Waals surface area contributed by atoms with Crippen LogP contribution in [-0.4, -0.2) is 34.6 Å². The fourth-order valence-corrected chi connectivity index (χ4v) is 2.15. The molecule has 0 aromatic carbocycles. The molecule has 1 heterocycles. The van der Waals surface area contributed by atoms with Gasteiger partial charge in [0.05, 0.1) is 6.42 Å². The minimum Gasteiger partial charge on any atom is -0.481 e. The quantitative estimate of drug-likeness (QED) is 0.728. The maximum atomic E-state index is 10.5. The van der Waals surface area contributed by atoms with Crippen molar-refractivity contribution in [3.63, 3.8) is 0 Å². The van der Waals surface area contributed by atoms with Crippen LogP contribution < -0.4 is 0 Å². The molecule has 13 heavy (non-hydrogen) atoms. The topological polar surface area (TPSA) is 40.5 Å². The molecule has 1 saturated heterocycles. The lowest BCUT2D eigenvalue weighted by atomic mass is 10.0. The summed E-state index contributed by atoms with van der Waals surface area (Å²) in [5.41, 5.74) is 0. The zero-order valence-electron chi connectivity index (χ0n) is 8.49. The van der Waals surface area contributed by atoms with Gasteiger partial charge in [-0.3, -0.25) is 9.69 Å². The van der Waals surface area contributed by atoms with Crippen LogP contribution in [-0.2, 0) is 4.79 Å². The van der Waals surface area contributed by atoms with Crippen LogP contribution in [0, 0.1) is 0 Å². The second-order valence-corrected chi connectivity index (χ2v) is 4.03. The van der Waals surface area contributed by atoms with E-state index < -0.39 is 5.97 Å². The van der Waals surface area contributed by atoms with Crippen LogP contribution in [0.15, 0.2) is 0 Å². The summed E-state index contributed by atoms with van der Waals surface area (Å²) in [7, 11) is 0. The molecule has 0 saturated carbocycles. The first-order valence-corrected chi connectivity index (χ1v) is 5.09. The number of likely N-dealkylation sites (tertiary alicyclic amines) is 1. The smallest absolute Gasteiger partial charge is 0.304 e. The van der Waals surface area contributed by atoms with Gasteiger partial charge in [-0.2, -0.15) is 0 Å². The molecule has 1 fully saturated rings. The molecule has 1 N–H and O–H groups in total. The highest BCUT2D eigenvalue weighted by atomic mass is 16.4. The predicted molar refractivity (Wildman–Crippen MR) is 51.7 cm³/mol. The molecule has 3 heteroatoms. The van der Waals surface area contributed by atoms with E-state index in [-0.39, 0.29) is 12.5 Å². The van der Waals surface area contributed by atoms with Gasteiger partial charge < -0.3 is 5.11 Å². The van der Waals surface area contributed by atoms with E-state index in [0.29, 0.717) is 6.04 Å². The predicted octanol–water partition coefficient (Wildman–Crippen LogP) is 1.72. The summed E-state index contributed by atoms with van der Waals surface area (Å²) in [5.74, 6) is -0.690. The summed E-state index contributed by atoms with van der Waals surface area (Å²) in [6, 6.07) is 0.746. The van der Waals surface area contributed by atoms with Crippen LogP contribution in [0.2, 0.25) is 0 Å². The lowest BCUT2D eigenvalue weighted by molar-refractivity contribution is -0.138. The van der Waals surface area contributed by atoms with Crippen molar-refractivity contribution in [2.45, 2.75) is 51.6 Å². The Morgan fingerprint density at radius 1 is 1.62 bits per heavy atom. The molecule has 1 rings (SSSR count). The van der Waals surface area contributed by atoms with Gasteiger partial charge in [-0.15, -0.1) is 0 Å². The number of hydrogen-bond donors (Lipinski definition) is 1. The summed E-state index contributed by atoms with van der Waals surface area (Å²) in [6.07, 6.45) is 3.99. The number of rotatable bonds is 3. The summed E-state index contributed by atoms with van der Waals surface area (Å²) >= 11 is 0. The Bertz CT molecular complexity index is 182. The van der Waals surface area contributed by atoms with E-state index in [1.54, 1.807) is 0 Å². The largest absolute Gasteiger partial charge is 0.481 e. The van der Waals surface area contributed by atoms with Crippen LogP contribution in [0.5, 0.6) is 0 Å². The highest BCUT2D eigenvalue weighted by molar-refractivity contribution is 5.67. The second kappa shape index (κ2) is 4.61. The second-order valence-electron chi connectivity index (χ2n) is 4.03. The molecule has 0 amide bonds. The fraction of sp³-hybridized carbons (Fsp3) is 0.900. The molecule has 1 aliphatic rings. The van der Waals surface area contributed by atoms with Gasteiger partial charge in [-0.1, -0.05) is 6.42 Å². The molecule has 0 spiro atoms. The number of piperidine rings is 1. The van der Waals surface area contributed by atoms with Gasteiger partial charge in [0.25, 0.3) is 0 Å². The summed E-state index contributed by atoms with van der Waals surface area (Å²) < 4.78 is 0. The zero-order valence-corrected chi connectivity index (χ0v) is 8.49. The van der Waals surface area contributed by atoms with E-state index in [2.05, 4.69) is 11.8 Å². The van der Waals surface area contributed by atoms with Crippen molar-refractivity contribution < 1.29 is 9.90 Å². The van der Waals surface area contributed by atoms with Gasteiger partial charge >= 0.3 is 5.97 Å². The van der Waals surface area contributed by atoms with Crippen molar-refractivity contribution in [2.75, 3.05) is 6.54 Å². The standard InChI is InChI=1S/C10H19NO2/c1-8-5-3-4-6-11(8)9(2)7-10(12)13/h8-9H,3-7H2,1-2H3,(H,12,13)/t8-,9-/m1/s1. The van der Waals surface area contributed by atoms with Gasteiger partial charge in [-0.05, 0) is 33.2 Å². The number of carbonyl (C=O) groups is 1. The van der Waals surface area contributed by atoms with Crippen LogP contribution >= 0.6 is 0 Å². The number of carboxylic acids is 1. The van der Waals surface area contributed by atoms with Gasteiger partial charge in [0.1, 0.15) is 0 Å². The van der Waals surface area contributed by atoms with E-state index in [4.69, 9.17) is 5.11 Å². The maximum Gasteiger partial charge on any atom is 0.304 e. The Hall–Kier alpha value is -0.570. The van der Waals surface area contributed by atoms with Gasteiger partial charge in [0.2, 0.25) is 0 Å². The number of aliphatic carboxylic acids is 1. The number of hydrogen-bond acceptors (Lipinski definition) is 2. The number of nitrogens with zero attached hydrogens (tertiary/aromatic N) is 1. The Labute approximate surface area is 79.7 Å².